The number of nitrogens with zero attached hydrogens (tertiary/aromatic N) is 2. The van der Waals surface area contributed by atoms with Crippen molar-refractivity contribution in [1.29, 1.82) is 0 Å². The topological polar surface area (TPSA) is 6.48 Å². The van der Waals surface area contributed by atoms with Crippen LogP contribution in [0.4, 0.5) is 4.39 Å². The Morgan fingerprint density at radius 3 is 1.71 bits per heavy atom. The van der Waals surface area contributed by atoms with Gasteiger partial charge in [-0.25, -0.2) is 4.39 Å². The van der Waals surface area contributed by atoms with Gasteiger partial charge in [-0.05, 0) is 59.7 Å². The minimum atomic E-state index is -0.158. The van der Waals surface area contributed by atoms with Crippen LogP contribution in [0.15, 0.2) is 24.3 Å². The van der Waals surface area contributed by atoms with Gasteiger partial charge >= 0.3 is 0 Å². The minimum absolute atomic E-state index is 0.158. The average Bonchev–Trinajstić information content (AvgIpc) is 2.42. The first-order chi connectivity index (χ1) is 9.82. The van der Waals surface area contributed by atoms with E-state index in [1.807, 2.05) is 66.9 Å². The Balaban J connectivity index is -0.000000343. The van der Waals surface area contributed by atoms with E-state index in [9.17, 15) is 4.39 Å². The molecular weight excluding hydrogens is 263 g/mol. The van der Waals surface area contributed by atoms with E-state index in [4.69, 9.17) is 0 Å². The van der Waals surface area contributed by atoms with Crippen LogP contribution in [0.2, 0.25) is 0 Å². The lowest BCUT2D eigenvalue weighted by Gasteiger charge is -2.20. The third-order valence-corrected chi connectivity index (χ3v) is 2.20. The number of halogens is 1. The zero-order valence-electron chi connectivity index (χ0n) is 15.9. The third-order valence-electron chi connectivity index (χ3n) is 2.20. The lowest BCUT2D eigenvalue weighted by molar-refractivity contribution is 0.265. The number of benzene rings is 1. The highest BCUT2D eigenvalue weighted by Crippen LogP contribution is 2.07. The van der Waals surface area contributed by atoms with Gasteiger partial charge in [-0.15, -0.1) is 0 Å². The lowest BCUT2D eigenvalue weighted by Crippen LogP contribution is -2.25. The molecule has 0 aliphatic heterocycles. The van der Waals surface area contributed by atoms with E-state index in [1.54, 1.807) is 12.1 Å². The molecule has 3 heteroatoms. The zero-order valence-corrected chi connectivity index (χ0v) is 15.9. The number of rotatable bonds is 3. The summed E-state index contributed by atoms with van der Waals surface area (Å²) in [7, 11) is 8.04. The van der Waals surface area contributed by atoms with E-state index in [1.165, 1.54) is 6.07 Å². The summed E-state index contributed by atoms with van der Waals surface area (Å²) in [5.41, 5.74) is 1.02. The highest BCUT2D eigenvalue weighted by atomic mass is 19.1. The summed E-state index contributed by atoms with van der Waals surface area (Å²) in [5, 5.41) is 0. The van der Waals surface area contributed by atoms with Gasteiger partial charge < -0.3 is 4.90 Å². The van der Waals surface area contributed by atoms with E-state index >= 15 is 0 Å². The Labute approximate surface area is 133 Å². The molecule has 0 saturated heterocycles. The molecule has 0 aromatic heterocycles. The van der Waals surface area contributed by atoms with Gasteiger partial charge in [0.25, 0.3) is 0 Å². The van der Waals surface area contributed by atoms with Crippen LogP contribution < -0.4 is 0 Å². The largest absolute Gasteiger partial charge is 0.312 e. The molecule has 0 spiro atoms. The lowest BCUT2D eigenvalue weighted by atomic mass is 10.2. The maximum absolute atomic E-state index is 12.8. The third kappa shape index (κ3) is 19.1. The van der Waals surface area contributed by atoms with Crippen LogP contribution in [-0.4, -0.2) is 44.0 Å². The molecule has 0 heterocycles. The molecule has 0 aliphatic rings. The van der Waals surface area contributed by atoms with E-state index in [0.717, 1.165) is 12.1 Å². The highest BCUT2D eigenvalue weighted by molar-refractivity contribution is 5.16. The fraction of sp³-hybridized carbons (Fsp3) is 0.667. The molecule has 0 bridgehead atoms. The average molecular weight is 301 g/mol. The summed E-state index contributed by atoms with van der Waals surface area (Å²) in [6, 6.07) is 7.24. The first kappa shape index (κ1) is 25.0. The first-order valence-electron chi connectivity index (χ1n) is 7.88. The van der Waals surface area contributed by atoms with Crippen LogP contribution in [0.1, 0.15) is 47.1 Å². The summed E-state index contributed by atoms with van der Waals surface area (Å²) in [6.45, 7) is 13.0. The Morgan fingerprint density at radius 2 is 1.38 bits per heavy atom. The van der Waals surface area contributed by atoms with Gasteiger partial charge in [-0.1, -0.05) is 39.8 Å². The van der Waals surface area contributed by atoms with Crippen molar-refractivity contribution in [3.8, 4) is 0 Å². The van der Waals surface area contributed by atoms with Crippen molar-refractivity contribution in [2.24, 2.45) is 0 Å². The van der Waals surface area contributed by atoms with Crippen molar-refractivity contribution in [2.45, 2.75) is 54.1 Å². The first-order valence-corrected chi connectivity index (χ1v) is 7.88. The Kier molecular flexibility index (Phi) is 20.4. The molecule has 0 radical (unpaired) electrons. The molecule has 1 aromatic carbocycles. The number of hydrogen-bond acceptors (Lipinski definition) is 2. The van der Waals surface area contributed by atoms with Gasteiger partial charge in [0.15, 0.2) is 0 Å². The van der Waals surface area contributed by atoms with Crippen molar-refractivity contribution in [3.05, 3.63) is 35.6 Å². The van der Waals surface area contributed by atoms with Crippen LogP contribution in [0, 0.1) is 5.82 Å². The summed E-state index contributed by atoms with van der Waals surface area (Å²) in [5.74, 6) is -0.158. The summed E-state index contributed by atoms with van der Waals surface area (Å²) < 4.78 is 12.8. The molecule has 126 valence electrons. The second-order valence-electron chi connectivity index (χ2n) is 4.98. The van der Waals surface area contributed by atoms with Gasteiger partial charge in [0.2, 0.25) is 0 Å². The molecule has 2 nitrogen and oxygen atoms in total. The molecule has 0 atom stereocenters. The summed E-state index contributed by atoms with van der Waals surface area (Å²) >= 11 is 0. The van der Waals surface area contributed by atoms with Crippen LogP contribution in [0.25, 0.3) is 0 Å². The quantitative estimate of drug-likeness (QED) is 0.783. The van der Waals surface area contributed by atoms with Crippen LogP contribution in [0.5, 0.6) is 0 Å². The minimum Gasteiger partial charge on any atom is -0.312 e. The normalized spacial score (nSPS) is 9.24. The fourth-order valence-corrected chi connectivity index (χ4v) is 1.11. The van der Waals surface area contributed by atoms with Crippen LogP contribution in [-0.2, 0) is 6.54 Å². The van der Waals surface area contributed by atoms with Gasteiger partial charge in [-0.2, -0.15) is 0 Å². The summed E-state index contributed by atoms with van der Waals surface area (Å²) in [6.07, 6.45) is 0. The van der Waals surface area contributed by atoms with Crippen molar-refractivity contribution >= 4 is 0 Å². The number of hydrogen-bond donors (Lipinski definition) is 0. The van der Waals surface area contributed by atoms with Crippen molar-refractivity contribution in [3.63, 3.8) is 0 Å². The molecule has 0 amide bonds. The second kappa shape index (κ2) is 17.1. The van der Waals surface area contributed by atoms with Crippen molar-refractivity contribution in [1.82, 2.24) is 9.80 Å². The van der Waals surface area contributed by atoms with Gasteiger partial charge in [0.05, 0.1) is 0 Å². The van der Waals surface area contributed by atoms with Crippen molar-refractivity contribution in [2.75, 3.05) is 28.2 Å². The maximum Gasteiger partial charge on any atom is 0.123 e. The van der Waals surface area contributed by atoms with Crippen LogP contribution >= 0.6 is 0 Å². The van der Waals surface area contributed by atoms with Crippen molar-refractivity contribution < 1.29 is 4.39 Å². The molecule has 1 aromatic rings. The smallest absolute Gasteiger partial charge is 0.123 e. The monoisotopic (exact) mass is 300 g/mol. The molecule has 0 fully saturated rings. The van der Waals surface area contributed by atoms with Crippen LogP contribution in [0.3, 0.4) is 0 Å². The van der Waals surface area contributed by atoms with Gasteiger partial charge in [-0.3, -0.25) is 4.90 Å². The van der Waals surface area contributed by atoms with E-state index in [2.05, 4.69) is 18.7 Å². The van der Waals surface area contributed by atoms with E-state index in [-0.39, 0.29) is 5.82 Å². The molecule has 0 aliphatic carbocycles. The molecular formula is C18H37FN2. The predicted molar refractivity (Wildman–Crippen MR) is 95.3 cm³/mol. The van der Waals surface area contributed by atoms with E-state index < -0.39 is 0 Å². The van der Waals surface area contributed by atoms with Gasteiger partial charge in [0, 0.05) is 12.6 Å². The highest BCUT2D eigenvalue weighted by Gasteiger charge is 2.04. The van der Waals surface area contributed by atoms with E-state index in [0.29, 0.717) is 6.04 Å². The SMILES string of the molecule is CC.CC.CC(C)N(C)Cc1cccc(F)c1.CN(C)C. The predicted octanol–water partition coefficient (Wildman–Crippen LogP) is 4.90. The molecule has 1 rings (SSSR count). The Hall–Kier alpha value is -0.930. The molecule has 0 unspecified atom stereocenters. The standard InChI is InChI=1S/C11H16FN.C3H9N.2C2H6/c1-9(2)13(3)8-10-5-4-6-11(12)7-10;1-4(2)3;2*1-2/h4-7,9H,8H2,1-3H3;1-3H3;2*1-2H3. The molecule has 21 heavy (non-hydrogen) atoms. The second-order valence-corrected chi connectivity index (χ2v) is 4.98. The fourth-order valence-electron chi connectivity index (χ4n) is 1.11. The van der Waals surface area contributed by atoms with Gasteiger partial charge in [0.1, 0.15) is 5.82 Å². The molecule has 0 saturated carbocycles. The Morgan fingerprint density at radius 1 is 0.952 bits per heavy atom. The summed E-state index contributed by atoms with van der Waals surface area (Å²) in [4.78, 5) is 4.18. The molecule has 0 N–H and O–H groups in total. The zero-order chi connectivity index (χ0) is 17.4. The Bertz CT molecular complexity index is 309. The maximum atomic E-state index is 12.8.